The van der Waals surface area contributed by atoms with Crippen LogP contribution in [0.25, 0.3) is 0 Å². The summed E-state index contributed by atoms with van der Waals surface area (Å²) in [5.74, 6) is 0. The van der Waals surface area contributed by atoms with Gasteiger partial charge in [0, 0.05) is 12.6 Å². The molecular formula is C22H41N. The van der Waals surface area contributed by atoms with E-state index in [9.17, 15) is 0 Å². The Labute approximate surface area is 146 Å². The van der Waals surface area contributed by atoms with Crippen LogP contribution in [0.5, 0.6) is 0 Å². The van der Waals surface area contributed by atoms with Gasteiger partial charge < -0.3 is 5.32 Å². The fraction of sp³-hybridized carbons (Fsp3) is 0.727. The van der Waals surface area contributed by atoms with Gasteiger partial charge >= 0.3 is 0 Å². The lowest BCUT2D eigenvalue weighted by molar-refractivity contribution is 0.520. The van der Waals surface area contributed by atoms with Gasteiger partial charge in [-0.1, -0.05) is 48.8 Å². The highest BCUT2D eigenvalue weighted by Gasteiger charge is 2.01. The van der Waals surface area contributed by atoms with Crippen molar-refractivity contribution in [3.05, 3.63) is 34.9 Å². The number of rotatable bonds is 13. The summed E-state index contributed by atoms with van der Waals surface area (Å²) in [5, 5.41) is 3.58. The van der Waals surface area contributed by atoms with Gasteiger partial charge in [-0.25, -0.2) is 0 Å². The van der Waals surface area contributed by atoms with Gasteiger partial charge in [0.15, 0.2) is 0 Å². The molecule has 0 heterocycles. The van der Waals surface area contributed by atoms with Crippen LogP contribution in [-0.4, -0.2) is 12.6 Å². The van der Waals surface area contributed by atoms with Crippen molar-refractivity contribution in [2.75, 3.05) is 6.54 Å². The summed E-state index contributed by atoms with van der Waals surface area (Å²) in [6.07, 6.45) is 17.1. The Kier molecular flexibility index (Phi) is 14.2. The van der Waals surface area contributed by atoms with Crippen molar-refractivity contribution in [2.45, 2.75) is 99.0 Å². The molecule has 0 saturated carbocycles. The molecule has 23 heavy (non-hydrogen) atoms. The minimum atomic E-state index is 0.616. The monoisotopic (exact) mass is 319 g/mol. The molecule has 1 N–H and O–H groups in total. The van der Waals surface area contributed by atoms with Crippen molar-refractivity contribution < 1.29 is 0 Å². The molecule has 0 aliphatic rings. The SMILES string of the molecule is CCC=C(C)CCCC=C(CC)CCCC(C)NCC=C(C)C. The van der Waals surface area contributed by atoms with E-state index in [1.165, 1.54) is 56.9 Å². The number of unbranched alkanes of at least 4 members (excludes halogenated alkanes) is 1. The van der Waals surface area contributed by atoms with Crippen LogP contribution < -0.4 is 5.32 Å². The van der Waals surface area contributed by atoms with Crippen molar-refractivity contribution >= 4 is 0 Å². The molecule has 0 aliphatic carbocycles. The van der Waals surface area contributed by atoms with Crippen molar-refractivity contribution in [3.63, 3.8) is 0 Å². The van der Waals surface area contributed by atoms with Crippen LogP contribution in [0, 0.1) is 0 Å². The minimum absolute atomic E-state index is 0.616. The predicted octanol–water partition coefficient (Wildman–Crippen LogP) is 6.96. The Morgan fingerprint density at radius 3 is 2.30 bits per heavy atom. The number of hydrogen-bond acceptors (Lipinski definition) is 1. The largest absolute Gasteiger partial charge is 0.311 e. The van der Waals surface area contributed by atoms with E-state index in [2.05, 4.69) is 65.1 Å². The molecule has 0 aromatic heterocycles. The van der Waals surface area contributed by atoms with Crippen LogP contribution in [0.4, 0.5) is 0 Å². The van der Waals surface area contributed by atoms with Gasteiger partial charge in [-0.2, -0.15) is 0 Å². The van der Waals surface area contributed by atoms with Gasteiger partial charge in [0.05, 0.1) is 0 Å². The summed E-state index contributed by atoms with van der Waals surface area (Å²) in [5.41, 5.74) is 4.60. The third-order valence-corrected chi connectivity index (χ3v) is 4.33. The van der Waals surface area contributed by atoms with Crippen LogP contribution in [-0.2, 0) is 0 Å². The van der Waals surface area contributed by atoms with E-state index in [1.807, 2.05) is 0 Å². The van der Waals surface area contributed by atoms with Crippen molar-refractivity contribution in [2.24, 2.45) is 0 Å². The molecule has 1 unspecified atom stereocenters. The first kappa shape index (κ1) is 22.2. The average Bonchev–Trinajstić information content (AvgIpc) is 2.49. The molecule has 134 valence electrons. The fourth-order valence-corrected chi connectivity index (χ4v) is 2.76. The molecule has 1 nitrogen and oxygen atoms in total. The number of hydrogen-bond donors (Lipinski definition) is 1. The second kappa shape index (κ2) is 14.8. The van der Waals surface area contributed by atoms with Gasteiger partial charge in [0.25, 0.3) is 0 Å². The van der Waals surface area contributed by atoms with Gasteiger partial charge in [0.2, 0.25) is 0 Å². The topological polar surface area (TPSA) is 12.0 Å². The van der Waals surface area contributed by atoms with Gasteiger partial charge in [0.1, 0.15) is 0 Å². The molecule has 0 aromatic rings. The Morgan fingerprint density at radius 2 is 1.70 bits per heavy atom. The second-order valence-corrected chi connectivity index (χ2v) is 7.05. The maximum atomic E-state index is 3.58. The summed E-state index contributed by atoms with van der Waals surface area (Å²) in [4.78, 5) is 0. The highest BCUT2D eigenvalue weighted by molar-refractivity contribution is 5.03. The third-order valence-electron chi connectivity index (χ3n) is 4.33. The summed E-state index contributed by atoms with van der Waals surface area (Å²) in [7, 11) is 0. The van der Waals surface area contributed by atoms with E-state index in [4.69, 9.17) is 0 Å². The second-order valence-electron chi connectivity index (χ2n) is 7.05. The zero-order valence-electron chi connectivity index (χ0n) is 16.7. The fourth-order valence-electron chi connectivity index (χ4n) is 2.76. The molecule has 0 radical (unpaired) electrons. The molecule has 0 spiro atoms. The van der Waals surface area contributed by atoms with Crippen molar-refractivity contribution in [1.29, 1.82) is 0 Å². The van der Waals surface area contributed by atoms with E-state index in [0.717, 1.165) is 6.54 Å². The van der Waals surface area contributed by atoms with E-state index in [0.29, 0.717) is 6.04 Å². The Hall–Kier alpha value is -0.820. The van der Waals surface area contributed by atoms with Gasteiger partial charge in [-0.05, 0) is 79.1 Å². The summed E-state index contributed by atoms with van der Waals surface area (Å²) in [6.45, 7) is 14.4. The smallest absolute Gasteiger partial charge is 0.0139 e. The first-order valence-corrected chi connectivity index (χ1v) is 9.69. The van der Waals surface area contributed by atoms with E-state index in [-0.39, 0.29) is 0 Å². The number of allylic oxidation sites excluding steroid dienone is 5. The van der Waals surface area contributed by atoms with Crippen LogP contribution in [0.15, 0.2) is 34.9 Å². The highest BCUT2D eigenvalue weighted by Crippen LogP contribution is 2.15. The van der Waals surface area contributed by atoms with Gasteiger partial charge in [-0.3, -0.25) is 0 Å². The molecule has 1 heteroatoms. The third kappa shape index (κ3) is 14.5. The lowest BCUT2D eigenvalue weighted by Gasteiger charge is -2.13. The van der Waals surface area contributed by atoms with Crippen LogP contribution >= 0.6 is 0 Å². The first-order valence-electron chi connectivity index (χ1n) is 9.69. The van der Waals surface area contributed by atoms with Crippen molar-refractivity contribution in [3.8, 4) is 0 Å². The summed E-state index contributed by atoms with van der Waals surface area (Å²) >= 11 is 0. The normalized spacial score (nSPS) is 14.0. The zero-order valence-corrected chi connectivity index (χ0v) is 16.7. The molecule has 0 fully saturated rings. The Morgan fingerprint density at radius 1 is 0.957 bits per heavy atom. The van der Waals surface area contributed by atoms with Gasteiger partial charge in [-0.15, -0.1) is 0 Å². The molecular weight excluding hydrogens is 278 g/mol. The van der Waals surface area contributed by atoms with Crippen molar-refractivity contribution in [1.82, 2.24) is 5.32 Å². The lowest BCUT2D eigenvalue weighted by Crippen LogP contribution is -2.26. The predicted molar refractivity (Wildman–Crippen MR) is 107 cm³/mol. The van der Waals surface area contributed by atoms with E-state index < -0.39 is 0 Å². The maximum absolute atomic E-state index is 3.58. The number of nitrogens with one attached hydrogen (secondary N) is 1. The molecule has 0 aliphatic heterocycles. The summed E-state index contributed by atoms with van der Waals surface area (Å²) < 4.78 is 0. The summed E-state index contributed by atoms with van der Waals surface area (Å²) in [6, 6.07) is 0.616. The molecule has 0 aromatic carbocycles. The lowest BCUT2D eigenvalue weighted by atomic mass is 10.0. The van der Waals surface area contributed by atoms with Crippen LogP contribution in [0.1, 0.15) is 92.9 Å². The van der Waals surface area contributed by atoms with E-state index in [1.54, 1.807) is 11.1 Å². The highest BCUT2D eigenvalue weighted by atomic mass is 14.9. The van der Waals surface area contributed by atoms with Crippen LogP contribution in [0.3, 0.4) is 0 Å². The molecule has 0 saturated heterocycles. The molecule has 0 bridgehead atoms. The van der Waals surface area contributed by atoms with E-state index >= 15 is 0 Å². The molecule has 1 atom stereocenters. The zero-order chi connectivity index (χ0) is 17.5. The molecule has 0 amide bonds. The first-order chi connectivity index (χ1) is 11.0. The molecule has 0 rings (SSSR count). The Balaban J connectivity index is 3.89. The standard InChI is InChI=1S/C22H41N/c1-7-12-20(5)13-9-10-15-22(8-2)16-11-14-21(6)23-18-17-19(3)4/h12,15,17,21,23H,7-11,13-14,16,18H2,1-6H3. The van der Waals surface area contributed by atoms with Crippen LogP contribution in [0.2, 0.25) is 0 Å². The average molecular weight is 320 g/mol. The Bertz CT molecular complexity index is 369. The quantitative estimate of drug-likeness (QED) is 0.286. The maximum Gasteiger partial charge on any atom is 0.0139 e. The minimum Gasteiger partial charge on any atom is -0.311 e.